The third-order valence-electron chi connectivity index (χ3n) is 5.06. The van der Waals surface area contributed by atoms with Crippen molar-refractivity contribution in [3.8, 4) is 0 Å². The molecule has 0 aromatic heterocycles. The van der Waals surface area contributed by atoms with Gasteiger partial charge >= 0.3 is 6.03 Å². The second kappa shape index (κ2) is 8.97. The number of halogens is 1. The van der Waals surface area contributed by atoms with E-state index in [9.17, 15) is 14.3 Å². The molecule has 0 saturated carbocycles. The van der Waals surface area contributed by atoms with Gasteiger partial charge in [-0.3, -0.25) is 0 Å². The molecule has 0 aliphatic carbocycles. The van der Waals surface area contributed by atoms with Crippen molar-refractivity contribution in [1.82, 2.24) is 10.6 Å². The standard InChI is InChI=1S/C21H25FN2O3/c22-19-8-6-16(7-9-19)14-23-20(25)24-15-21(26,17-4-2-1-3-5-17)18-10-12-27-13-11-18/h1-9,18,26H,10-15H2,(H2,23,24,25). The zero-order valence-electron chi connectivity index (χ0n) is 15.2. The molecule has 1 fully saturated rings. The topological polar surface area (TPSA) is 70.6 Å². The molecular formula is C21H25FN2O3. The molecule has 5 nitrogen and oxygen atoms in total. The first kappa shape index (κ1) is 19.3. The monoisotopic (exact) mass is 372 g/mol. The lowest BCUT2D eigenvalue weighted by atomic mass is 9.77. The van der Waals surface area contributed by atoms with Gasteiger partial charge in [-0.2, -0.15) is 0 Å². The highest BCUT2D eigenvalue weighted by molar-refractivity contribution is 5.74. The van der Waals surface area contributed by atoms with Crippen LogP contribution < -0.4 is 10.6 Å². The predicted molar refractivity (Wildman–Crippen MR) is 101 cm³/mol. The number of amides is 2. The van der Waals surface area contributed by atoms with Gasteiger partial charge in [0, 0.05) is 19.8 Å². The lowest BCUT2D eigenvalue weighted by Crippen LogP contribution is -2.49. The lowest BCUT2D eigenvalue weighted by Gasteiger charge is -2.39. The molecule has 3 N–H and O–H groups in total. The average molecular weight is 372 g/mol. The van der Waals surface area contributed by atoms with Crippen LogP contribution in [0.4, 0.5) is 9.18 Å². The van der Waals surface area contributed by atoms with E-state index < -0.39 is 5.60 Å². The van der Waals surface area contributed by atoms with Crippen molar-refractivity contribution >= 4 is 6.03 Å². The Morgan fingerprint density at radius 2 is 1.74 bits per heavy atom. The summed E-state index contributed by atoms with van der Waals surface area (Å²) in [7, 11) is 0. The van der Waals surface area contributed by atoms with Crippen LogP contribution in [0.5, 0.6) is 0 Å². The number of nitrogens with one attached hydrogen (secondary N) is 2. The van der Waals surface area contributed by atoms with Crippen LogP contribution in [0.25, 0.3) is 0 Å². The summed E-state index contributed by atoms with van der Waals surface area (Å²) in [5.74, 6) is -0.307. The first-order valence-electron chi connectivity index (χ1n) is 9.20. The molecule has 2 amide bonds. The second-order valence-corrected chi connectivity index (χ2v) is 6.84. The molecule has 0 radical (unpaired) electrons. The van der Waals surface area contributed by atoms with Crippen LogP contribution in [-0.2, 0) is 16.9 Å². The zero-order valence-corrected chi connectivity index (χ0v) is 15.2. The summed E-state index contributed by atoms with van der Waals surface area (Å²) in [6.45, 7) is 1.61. The van der Waals surface area contributed by atoms with Crippen LogP contribution >= 0.6 is 0 Å². The van der Waals surface area contributed by atoms with Crippen molar-refractivity contribution in [1.29, 1.82) is 0 Å². The maximum atomic E-state index is 12.9. The number of urea groups is 1. The average Bonchev–Trinajstić information content (AvgIpc) is 2.73. The summed E-state index contributed by atoms with van der Waals surface area (Å²) in [6.07, 6.45) is 1.48. The Kier molecular flexibility index (Phi) is 6.42. The van der Waals surface area contributed by atoms with Crippen LogP contribution in [0.15, 0.2) is 54.6 Å². The third-order valence-corrected chi connectivity index (χ3v) is 5.06. The van der Waals surface area contributed by atoms with Gasteiger partial charge in [-0.1, -0.05) is 42.5 Å². The van der Waals surface area contributed by atoms with Gasteiger partial charge < -0.3 is 20.5 Å². The first-order chi connectivity index (χ1) is 13.1. The Hall–Kier alpha value is -2.44. The quantitative estimate of drug-likeness (QED) is 0.730. The molecular weight excluding hydrogens is 347 g/mol. The molecule has 1 aliphatic rings. The predicted octanol–water partition coefficient (Wildman–Crippen LogP) is 2.94. The Morgan fingerprint density at radius 3 is 2.41 bits per heavy atom. The molecule has 144 valence electrons. The number of aliphatic hydroxyl groups is 1. The number of carbonyl (C=O) groups excluding carboxylic acids is 1. The fraction of sp³-hybridized carbons (Fsp3) is 0.381. The number of carbonyl (C=O) groups is 1. The molecule has 2 aromatic carbocycles. The lowest BCUT2D eigenvalue weighted by molar-refractivity contribution is -0.0676. The van der Waals surface area contributed by atoms with Crippen molar-refractivity contribution in [3.63, 3.8) is 0 Å². The summed E-state index contributed by atoms with van der Waals surface area (Å²) < 4.78 is 18.4. The Balaban J connectivity index is 1.62. The van der Waals surface area contributed by atoms with E-state index in [0.717, 1.165) is 24.0 Å². The fourth-order valence-corrected chi connectivity index (χ4v) is 3.45. The van der Waals surface area contributed by atoms with Gasteiger partial charge in [0.15, 0.2) is 0 Å². The smallest absolute Gasteiger partial charge is 0.315 e. The zero-order chi connectivity index (χ0) is 19.1. The molecule has 2 aromatic rings. The minimum Gasteiger partial charge on any atom is -0.383 e. The molecule has 0 spiro atoms. The fourth-order valence-electron chi connectivity index (χ4n) is 3.45. The Morgan fingerprint density at radius 1 is 1.07 bits per heavy atom. The van der Waals surface area contributed by atoms with Gasteiger partial charge in [0.2, 0.25) is 0 Å². The van der Waals surface area contributed by atoms with Crippen molar-refractivity contribution in [3.05, 3.63) is 71.5 Å². The SMILES string of the molecule is O=C(NCc1ccc(F)cc1)NCC(O)(c1ccccc1)C1CCOCC1. The van der Waals surface area contributed by atoms with Crippen molar-refractivity contribution in [2.45, 2.75) is 25.0 Å². The molecule has 6 heteroatoms. The minimum atomic E-state index is -1.15. The summed E-state index contributed by atoms with van der Waals surface area (Å²) >= 11 is 0. The van der Waals surface area contributed by atoms with Crippen molar-refractivity contribution in [2.75, 3.05) is 19.8 Å². The van der Waals surface area contributed by atoms with Gasteiger partial charge in [0.25, 0.3) is 0 Å². The van der Waals surface area contributed by atoms with Crippen molar-refractivity contribution < 1.29 is 19.0 Å². The van der Waals surface area contributed by atoms with E-state index in [1.807, 2.05) is 30.3 Å². The number of hydrogen-bond donors (Lipinski definition) is 3. The van der Waals surface area contributed by atoms with Crippen LogP contribution in [0, 0.1) is 11.7 Å². The molecule has 3 rings (SSSR count). The first-order valence-corrected chi connectivity index (χ1v) is 9.20. The second-order valence-electron chi connectivity index (χ2n) is 6.84. The maximum absolute atomic E-state index is 12.9. The highest BCUT2D eigenvalue weighted by atomic mass is 19.1. The van der Waals surface area contributed by atoms with E-state index in [-0.39, 0.29) is 30.9 Å². The molecule has 1 atom stereocenters. The number of hydrogen-bond acceptors (Lipinski definition) is 3. The number of rotatable bonds is 6. The molecule has 27 heavy (non-hydrogen) atoms. The highest BCUT2D eigenvalue weighted by Gasteiger charge is 2.39. The van der Waals surface area contributed by atoms with E-state index in [1.165, 1.54) is 12.1 Å². The van der Waals surface area contributed by atoms with Gasteiger partial charge in [-0.25, -0.2) is 9.18 Å². The number of benzene rings is 2. The summed E-state index contributed by atoms with van der Waals surface area (Å²) in [5, 5.41) is 17.0. The van der Waals surface area contributed by atoms with E-state index in [0.29, 0.717) is 13.2 Å². The molecule has 1 aliphatic heterocycles. The van der Waals surface area contributed by atoms with Crippen LogP contribution in [0.3, 0.4) is 0 Å². The van der Waals surface area contributed by atoms with E-state index in [4.69, 9.17) is 4.74 Å². The molecule has 1 heterocycles. The van der Waals surface area contributed by atoms with Gasteiger partial charge in [0.05, 0.1) is 6.54 Å². The molecule has 0 bridgehead atoms. The van der Waals surface area contributed by atoms with Crippen LogP contribution in [-0.4, -0.2) is 30.9 Å². The summed E-state index contributed by atoms with van der Waals surface area (Å²) in [4.78, 5) is 12.2. The van der Waals surface area contributed by atoms with E-state index in [2.05, 4.69) is 10.6 Å². The van der Waals surface area contributed by atoms with Gasteiger partial charge in [-0.05, 0) is 42.0 Å². The molecule has 1 unspecified atom stereocenters. The minimum absolute atomic E-state index is 0.00560. The molecule has 1 saturated heterocycles. The van der Waals surface area contributed by atoms with Gasteiger partial charge in [0.1, 0.15) is 11.4 Å². The highest BCUT2D eigenvalue weighted by Crippen LogP contribution is 2.35. The van der Waals surface area contributed by atoms with Crippen LogP contribution in [0.2, 0.25) is 0 Å². The van der Waals surface area contributed by atoms with Crippen LogP contribution in [0.1, 0.15) is 24.0 Å². The van der Waals surface area contributed by atoms with Crippen molar-refractivity contribution in [2.24, 2.45) is 5.92 Å². The Bertz CT molecular complexity index is 733. The Labute approximate surface area is 158 Å². The largest absolute Gasteiger partial charge is 0.383 e. The number of ether oxygens (including phenoxy) is 1. The maximum Gasteiger partial charge on any atom is 0.315 e. The van der Waals surface area contributed by atoms with E-state index in [1.54, 1.807) is 12.1 Å². The normalized spacial score (nSPS) is 17.1. The van der Waals surface area contributed by atoms with Gasteiger partial charge in [-0.15, -0.1) is 0 Å². The third kappa shape index (κ3) is 5.05. The van der Waals surface area contributed by atoms with E-state index >= 15 is 0 Å². The summed E-state index contributed by atoms with van der Waals surface area (Å²) in [5.41, 5.74) is 0.433. The summed E-state index contributed by atoms with van der Waals surface area (Å²) in [6, 6.07) is 15.0.